The van der Waals surface area contributed by atoms with Gasteiger partial charge in [0.05, 0.1) is 11.5 Å². The number of ether oxygens (including phenoxy) is 1. The summed E-state index contributed by atoms with van der Waals surface area (Å²) in [6, 6.07) is 5.68. The summed E-state index contributed by atoms with van der Waals surface area (Å²) in [5.41, 5.74) is -0.00102. The lowest BCUT2D eigenvalue weighted by Crippen LogP contribution is -2.19. The molecule has 1 aliphatic heterocycles. The number of nitro groups is 1. The lowest BCUT2D eigenvalue weighted by molar-refractivity contribution is -0.384. The van der Waals surface area contributed by atoms with Crippen LogP contribution in [0.25, 0.3) is 0 Å². The van der Waals surface area contributed by atoms with Gasteiger partial charge in [0, 0.05) is 12.1 Å². The third-order valence-corrected chi connectivity index (χ3v) is 2.81. The quantitative estimate of drug-likeness (QED) is 0.591. The monoisotopic (exact) mass is 259 g/mol. The van der Waals surface area contributed by atoms with Crippen LogP contribution in [0.1, 0.15) is 0 Å². The largest absolute Gasteiger partial charge is 0.491 e. The molecular weight excluding hydrogens is 250 g/mol. The van der Waals surface area contributed by atoms with Crippen LogP contribution in [0, 0.1) is 10.1 Å². The van der Waals surface area contributed by atoms with Gasteiger partial charge in [-0.3, -0.25) is 18.5 Å². The third-order valence-electron chi connectivity index (χ3n) is 2.05. The lowest BCUT2D eigenvalue weighted by Gasteiger charge is -2.08. The summed E-state index contributed by atoms with van der Waals surface area (Å²) >= 11 is -1.69. The van der Waals surface area contributed by atoms with E-state index in [-0.39, 0.29) is 25.0 Å². The van der Waals surface area contributed by atoms with Crippen molar-refractivity contribution in [2.75, 3.05) is 13.2 Å². The number of nitrogens with zero attached hydrogens (tertiary/aromatic N) is 1. The van der Waals surface area contributed by atoms with Crippen LogP contribution in [0.3, 0.4) is 0 Å². The van der Waals surface area contributed by atoms with E-state index in [1.807, 2.05) is 0 Å². The molecule has 92 valence electrons. The normalized spacial score (nSPS) is 23.5. The van der Waals surface area contributed by atoms with Crippen molar-refractivity contribution in [3.8, 4) is 5.75 Å². The Labute approximate surface area is 99.3 Å². The Morgan fingerprint density at radius 1 is 1.47 bits per heavy atom. The van der Waals surface area contributed by atoms with Gasteiger partial charge in [-0.25, -0.2) is 0 Å². The molecule has 0 bridgehead atoms. The van der Waals surface area contributed by atoms with E-state index >= 15 is 0 Å². The van der Waals surface area contributed by atoms with Crippen LogP contribution in [-0.4, -0.2) is 28.4 Å². The minimum Gasteiger partial charge on any atom is -0.491 e. The SMILES string of the molecule is O=[N+]([O-])c1ccc(OC[C@@H]2CO[S@@](=O)O2)cc1. The molecule has 2 atom stereocenters. The highest BCUT2D eigenvalue weighted by Crippen LogP contribution is 2.18. The van der Waals surface area contributed by atoms with Crippen molar-refractivity contribution < 1.29 is 22.2 Å². The van der Waals surface area contributed by atoms with Gasteiger partial charge in [-0.05, 0) is 12.1 Å². The molecule has 0 N–H and O–H groups in total. The predicted molar refractivity (Wildman–Crippen MR) is 57.6 cm³/mol. The Kier molecular flexibility index (Phi) is 3.67. The van der Waals surface area contributed by atoms with Gasteiger partial charge in [-0.15, -0.1) is 0 Å². The zero-order chi connectivity index (χ0) is 12.3. The summed E-state index contributed by atoms with van der Waals surface area (Å²) in [6.07, 6.45) is -0.383. The first-order valence-corrected chi connectivity index (χ1v) is 5.74. The average Bonchev–Trinajstić information content (AvgIpc) is 2.73. The van der Waals surface area contributed by atoms with Crippen LogP contribution in [-0.2, 0) is 19.7 Å². The highest BCUT2D eigenvalue weighted by atomic mass is 32.2. The minimum atomic E-state index is -1.69. The van der Waals surface area contributed by atoms with Gasteiger partial charge in [0.25, 0.3) is 5.69 Å². The van der Waals surface area contributed by atoms with E-state index in [1.165, 1.54) is 24.3 Å². The topological polar surface area (TPSA) is 87.9 Å². The number of nitro benzene ring substituents is 1. The molecule has 2 rings (SSSR count). The molecular formula is C9H9NO6S. The number of rotatable bonds is 4. The number of benzene rings is 1. The first-order chi connectivity index (χ1) is 8.15. The van der Waals surface area contributed by atoms with E-state index in [1.54, 1.807) is 0 Å². The van der Waals surface area contributed by atoms with Gasteiger partial charge in [0.1, 0.15) is 18.5 Å². The van der Waals surface area contributed by atoms with Crippen molar-refractivity contribution in [3.05, 3.63) is 34.4 Å². The van der Waals surface area contributed by atoms with Crippen molar-refractivity contribution in [1.29, 1.82) is 0 Å². The number of non-ortho nitro benzene ring substituents is 1. The van der Waals surface area contributed by atoms with Crippen LogP contribution < -0.4 is 4.74 Å². The molecule has 7 nitrogen and oxygen atoms in total. The van der Waals surface area contributed by atoms with Crippen molar-refractivity contribution in [3.63, 3.8) is 0 Å². The van der Waals surface area contributed by atoms with Crippen LogP contribution in [0.15, 0.2) is 24.3 Å². The molecule has 1 aromatic rings. The van der Waals surface area contributed by atoms with E-state index in [9.17, 15) is 14.3 Å². The predicted octanol–water partition coefficient (Wildman–Crippen LogP) is 0.968. The smallest absolute Gasteiger partial charge is 0.305 e. The summed E-state index contributed by atoms with van der Waals surface area (Å²) < 4.78 is 25.6. The molecule has 0 amide bonds. The molecule has 1 aliphatic rings. The van der Waals surface area contributed by atoms with E-state index < -0.39 is 16.3 Å². The Morgan fingerprint density at radius 2 is 2.18 bits per heavy atom. The fourth-order valence-electron chi connectivity index (χ4n) is 1.23. The maximum absolute atomic E-state index is 10.7. The molecule has 1 saturated heterocycles. The number of hydrogen-bond acceptors (Lipinski definition) is 6. The fourth-order valence-corrected chi connectivity index (χ4v) is 1.88. The second kappa shape index (κ2) is 5.21. The Morgan fingerprint density at radius 3 is 2.71 bits per heavy atom. The fraction of sp³-hybridized carbons (Fsp3) is 0.333. The standard InChI is InChI=1S/C9H9NO6S/c11-10(12)7-1-3-8(4-2-7)14-5-9-6-15-17(13)16-9/h1-4,9H,5-6H2/t9-,17-/m1/s1. The maximum atomic E-state index is 10.7. The molecule has 17 heavy (non-hydrogen) atoms. The van der Waals surface area contributed by atoms with Crippen molar-refractivity contribution in [1.82, 2.24) is 0 Å². The van der Waals surface area contributed by atoms with Gasteiger partial charge < -0.3 is 4.74 Å². The minimum absolute atomic E-state index is 0.00102. The zero-order valence-corrected chi connectivity index (χ0v) is 9.42. The average molecular weight is 259 g/mol. The molecule has 0 unspecified atom stereocenters. The molecule has 0 radical (unpaired) electrons. The molecule has 0 aliphatic carbocycles. The Bertz CT molecular complexity index is 434. The highest BCUT2D eigenvalue weighted by Gasteiger charge is 2.23. The molecule has 1 fully saturated rings. The maximum Gasteiger partial charge on any atom is 0.305 e. The highest BCUT2D eigenvalue weighted by molar-refractivity contribution is 7.75. The van der Waals surface area contributed by atoms with Gasteiger partial charge >= 0.3 is 11.4 Å². The summed E-state index contributed by atoms with van der Waals surface area (Å²) in [6.45, 7) is 0.392. The van der Waals surface area contributed by atoms with Crippen molar-refractivity contribution in [2.24, 2.45) is 0 Å². The molecule has 0 saturated carbocycles. The van der Waals surface area contributed by atoms with Gasteiger partial charge in [0.15, 0.2) is 0 Å². The summed E-state index contributed by atoms with van der Waals surface area (Å²) in [5, 5.41) is 10.4. The third kappa shape index (κ3) is 3.22. The lowest BCUT2D eigenvalue weighted by atomic mass is 10.3. The number of hydrogen-bond donors (Lipinski definition) is 0. The zero-order valence-electron chi connectivity index (χ0n) is 8.61. The molecule has 0 aromatic heterocycles. The summed E-state index contributed by atoms with van der Waals surface area (Å²) in [7, 11) is 0. The van der Waals surface area contributed by atoms with Crippen molar-refractivity contribution >= 4 is 17.0 Å². The van der Waals surface area contributed by atoms with Crippen LogP contribution in [0.2, 0.25) is 0 Å². The second-order valence-corrected chi connectivity index (χ2v) is 4.11. The molecule has 8 heteroatoms. The van der Waals surface area contributed by atoms with Gasteiger partial charge in [0.2, 0.25) is 0 Å². The second-order valence-electron chi connectivity index (χ2n) is 3.27. The molecule has 1 heterocycles. The van der Waals surface area contributed by atoms with Gasteiger partial charge in [-0.1, -0.05) is 0 Å². The van der Waals surface area contributed by atoms with E-state index in [0.717, 1.165) is 0 Å². The first-order valence-electron chi connectivity index (χ1n) is 4.74. The molecule has 1 aromatic carbocycles. The van der Waals surface area contributed by atoms with Crippen molar-refractivity contribution in [2.45, 2.75) is 6.10 Å². The summed E-state index contributed by atoms with van der Waals surface area (Å²) in [5.74, 6) is 0.483. The van der Waals surface area contributed by atoms with Crippen LogP contribution >= 0.6 is 0 Å². The van der Waals surface area contributed by atoms with E-state index in [0.29, 0.717) is 5.75 Å². The van der Waals surface area contributed by atoms with Crippen LogP contribution in [0.4, 0.5) is 5.69 Å². The van der Waals surface area contributed by atoms with E-state index in [2.05, 4.69) is 4.18 Å². The Hall–Kier alpha value is -1.51. The molecule has 0 spiro atoms. The summed E-state index contributed by atoms with van der Waals surface area (Å²) in [4.78, 5) is 9.92. The Balaban J connectivity index is 1.87. The van der Waals surface area contributed by atoms with E-state index in [4.69, 9.17) is 8.92 Å². The van der Waals surface area contributed by atoms with Crippen LogP contribution in [0.5, 0.6) is 5.75 Å². The van der Waals surface area contributed by atoms with Gasteiger partial charge in [-0.2, -0.15) is 4.21 Å². The first kappa shape index (κ1) is 12.0.